The van der Waals surface area contributed by atoms with E-state index in [1.807, 2.05) is 0 Å². The third-order valence-electron chi connectivity index (χ3n) is 2.16. The summed E-state index contributed by atoms with van der Waals surface area (Å²) < 4.78 is 34.7. The molecule has 0 saturated carbocycles. The molecule has 0 bridgehead atoms. The maximum Gasteiger partial charge on any atom is 0.413 e. The van der Waals surface area contributed by atoms with E-state index in [4.69, 9.17) is 0 Å². The number of halogens is 2. The molecule has 108 valence electrons. The number of methoxy groups -OCH3 is 1. The molecule has 1 aromatic carbocycles. The molecular weight excluding hydrogens is 276 g/mol. The molecule has 0 saturated heterocycles. The highest BCUT2D eigenvalue weighted by Gasteiger charge is 2.21. The number of hydrogen-bond donors (Lipinski definition) is 1. The van der Waals surface area contributed by atoms with Gasteiger partial charge in [0.15, 0.2) is 6.10 Å². The summed E-state index contributed by atoms with van der Waals surface area (Å²) in [6.07, 6.45) is -2.36. The van der Waals surface area contributed by atoms with Crippen LogP contribution in [0.5, 0.6) is 0 Å². The van der Waals surface area contributed by atoms with Crippen LogP contribution in [0.3, 0.4) is 0 Å². The van der Waals surface area contributed by atoms with E-state index in [1.165, 1.54) is 6.92 Å². The molecule has 1 atom stereocenters. The lowest BCUT2D eigenvalue weighted by molar-refractivity contribution is -0.128. The van der Waals surface area contributed by atoms with E-state index < -0.39 is 35.7 Å². The highest BCUT2D eigenvalue weighted by Crippen LogP contribution is 2.10. The second-order valence-electron chi connectivity index (χ2n) is 3.69. The van der Waals surface area contributed by atoms with E-state index in [1.54, 1.807) is 5.32 Å². The Morgan fingerprint density at radius 2 is 1.70 bits per heavy atom. The molecule has 0 heterocycles. The maximum absolute atomic E-state index is 12.9. The van der Waals surface area contributed by atoms with Crippen LogP contribution in [0.2, 0.25) is 0 Å². The fourth-order valence-electron chi connectivity index (χ4n) is 1.21. The van der Waals surface area contributed by atoms with Crippen molar-refractivity contribution < 1.29 is 32.6 Å². The monoisotopic (exact) mass is 287 g/mol. The molecule has 0 aromatic heterocycles. The standard InChI is InChI=1S/C12H11F2NO5/c1-6(10(16)15-12(18)19-2)20-11(17)7-3-8(13)5-9(14)4-7/h3-6H,1-2H3,(H,15,16,18)/t6-/m0/s1. The third kappa shape index (κ3) is 4.30. The molecular formula is C12H11F2NO5. The van der Waals surface area contributed by atoms with Crippen molar-refractivity contribution in [1.29, 1.82) is 0 Å². The van der Waals surface area contributed by atoms with Crippen LogP contribution in [0.1, 0.15) is 17.3 Å². The second-order valence-corrected chi connectivity index (χ2v) is 3.69. The average Bonchev–Trinajstić information content (AvgIpc) is 2.37. The van der Waals surface area contributed by atoms with Gasteiger partial charge in [0, 0.05) is 6.07 Å². The van der Waals surface area contributed by atoms with E-state index >= 15 is 0 Å². The zero-order valence-corrected chi connectivity index (χ0v) is 10.6. The average molecular weight is 287 g/mol. The van der Waals surface area contributed by atoms with Crippen molar-refractivity contribution in [1.82, 2.24) is 5.32 Å². The molecule has 0 aliphatic carbocycles. The molecule has 0 radical (unpaired) electrons. The van der Waals surface area contributed by atoms with E-state index in [2.05, 4.69) is 9.47 Å². The van der Waals surface area contributed by atoms with Gasteiger partial charge < -0.3 is 9.47 Å². The summed E-state index contributed by atoms with van der Waals surface area (Å²) in [6.45, 7) is 1.19. The van der Waals surface area contributed by atoms with Gasteiger partial charge in [-0.25, -0.2) is 18.4 Å². The van der Waals surface area contributed by atoms with E-state index in [0.717, 1.165) is 19.2 Å². The van der Waals surface area contributed by atoms with Crippen molar-refractivity contribution in [3.8, 4) is 0 Å². The SMILES string of the molecule is COC(=O)NC(=O)[C@H](C)OC(=O)c1cc(F)cc(F)c1. The number of alkyl carbamates (subject to hydrolysis) is 1. The van der Waals surface area contributed by atoms with Gasteiger partial charge in [0.25, 0.3) is 5.91 Å². The van der Waals surface area contributed by atoms with Crippen molar-refractivity contribution in [2.24, 2.45) is 0 Å². The molecule has 2 amide bonds. The smallest absolute Gasteiger partial charge is 0.413 e. The summed E-state index contributed by atoms with van der Waals surface area (Å²) in [6, 6.07) is 2.11. The molecule has 1 rings (SSSR count). The van der Waals surface area contributed by atoms with Gasteiger partial charge in [0.2, 0.25) is 0 Å². The quantitative estimate of drug-likeness (QED) is 0.850. The van der Waals surface area contributed by atoms with Gasteiger partial charge in [-0.2, -0.15) is 0 Å². The molecule has 0 spiro atoms. The Balaban J connectivity index is 2.70. The Morgan fingerprint density at radius 3 is 2.20 bits per heavy atom. The Labute approximate surface area is 112 Å². The van der Waals surface area contributed by atoms with Crippen LogP contribution >= 0.6 is 0 Å². The van der Waals surface area contributed by atoms with Crippen molar-refractivity contribution in [2.75, 3.05) is 7.11 Å². The topological polar surface area (TPSA) is 81.7 Å². The van der Waals surface area contributed by atoms with Gasteiger partial charge in [-0.15, -0.1) is 0 Å². The van der Waals surface area contributed by atoms with Crippen molar-refractivity contribution in [3.63, 3.8) is 0 Å². The third-order valence-corrected chi connectivity index (χ3v) is 2.16. The van der Waals surface area contributed by atoms with Crippen LogP contribution in [0, 0.1) is 11.6 Å². The number of benzene rings is 1. The van der Waals surface area contributed by atoms with E-state index in [9.17, 15) is 23.2 Å². The number of esters is 1. The first-order valence-electron chi connectivity index (χ1n) is 5.39. The Bertz CT molecular complexity index is 526. The molecule has 6 nitrogen and oxygen atoms in total. The first-order chi connectivity index (χ1) is 9.33. The van der Waals surface area contributed by atoms with Crippen molar-refractivity contribution >= 4 is 18.0 Å². The number of carbonyl (C=O) groups is 3. The second kappa shape index (κ2) is 6.60. The molecule has 20 heavy (non-hydrogen) atoms. The largest absolute Gasteiger partial charge is 0.453 e. The molecule has 0 aliphatic rings. The minimum atomic E-state index is -1.34. The zero-order valence-electron chi connectivity index (χ0n) is 10.6. The molecule has 8 heteroatoms. The predicted molar refractivity (Wildman–Crippen MR) is 61.8 cm³/mol. The minimum absolute atomic E-state index is 0.389. The van der Waals surface area contributed by atoms with Crippen LogP contribution in [0.25, 0.3) is 0 Å². The van der Waals surface area contributed by atoms with E-state index in [0.29, 0.717) is 6.07 Å². The Hall–Kier alpha value is -2.51. The zero-order chi connectivity index (χ0) is 15.3. The van der Waals surface area contributed by atoms with Crippen LogP contribution in [0.4, 0.5) is 13.6 Å². The summed E-state index contributed by atoms with van der Waals surface area (Å²) in [5.74, 6) is -3.94. The van der Waals surface area contributed by atoms with Gasteiger partial charge in [-0.05, 0) is 19.1 Å². The highest BCUT2D eigenvalue weighted by molar-refractivity contribution is 5.96. The normalized spacial score (nSPS) is 11.4. The number of carbonyl (C=O) groups excluding carboxylic acids is 3. The number of nitrogens with one attached hydrogen (secondary N) is 1. The van der Waals surface area contributed by atoms with Crippen molar-refractivity contribution in [2.45, 2.75) is 13.0 Å². The van der Waals surface area contributed by atoms with Crippen LogP contribution in [-0.4, -0.2) is 31.2 Å². The summed E-state index contributed by atoms with van der Waals surface area (Å²) in [7, 11) is 1.05. The number of rotatable bonds is 3. The number of hydrogen-bond acceptors (Lipinski definition) is 5. The van der Waals surface area contributed by atoms with Crippen LogP contribution in [-0.2, 0) is 14.3 Å². The summed E-state index contributed by atoms with van der Waals surface area (Å²) in [5, 5.41) is 1.78. The number of ether oxygens (including phenoxy) is 2. The van der Waals surface area contributed by atoms with Gasteiger partial charge >= 0.3 is 12.1 Å². The lowest BCUT2D eigenvalue weighted by atomic mass is 10.2. The number of imide groups is 1. The lowest BCUT2D eigenvalue weighted by Crippen LogP contribution is -2.39. The summed E-state index contributed by atoms with van der Waals surface area (Å²) in [4.78, 5) is 33.7. The van der Waals surface area contributed by atoms with Gasteiger partial charge in [0.1, 0.15) is 11.6 Å². The first kappa shape index (κ1) is 15.5. The highest BCUT2D eigenvalue weighted by atomic mass is 19.1. The number of amides is 2. The van der Waals surface area contributed by atoms with E-state index in [-0.39, 0.29) is 5.56 Å². The summed E-state index contributed by atoms with van der Waals surface area (Å²) in [5.41, 5.74) is -0.389. The predicted octanol–water partition coefficient (Wildman–Crippen LogP) is 1.39. The molecule has 1 aromatic rings. The fraction of sp³-hybridized carbons (Fsp3) is 0.250. The van der Waals surface area contributed by atoms with Gasteiger partial charge in [-0.3, -0.25) is 10.1 Å². The molecule has 0 aliphatic heterocycles. The lowest BCUT2D eigenvalue weighted by Gasteiger charge is -2.12. The maximum atomic E-state index is 12.9. The first-order valence-corrected chi connectivity index (χ1v) is 5.39. The summed E-state index contributed by atoms with van der Waals surface area (Å²) >= 11 is 0. The van der Waals surface area contributed by atoms with Crippen molar-refractivity contribution in [3.05, 3.63) is 35.4 Å². The molecule has 0 unspecified atom stereocenters. The van der Waals surface area contributed by atoms with Gasteiger partial charge in [-0.1, -0.05) is 0 Å². The molecule has 0 fully saturated rings. The molecule has 1 N–H and O–H groups in total. The fourth-order valence-corrected chi connectivity index (χ4v) is 1.21. The van der Waals surface area contributed by atoms with Crippen LogP contribution in [0.15, 0.2) is 18.2 Å². The Kier molecular flexibility index (Phi) is 5.13. The van der Waals surface area contributed by atoms with Crippen LogP contribution < -0.4 is 5.32 Å². The van der Waals surface area contributed by atoms with Gasteiger partial charge in [0.05, 0.1) is 12.7 Å². The Morgan fingerprint density at radius 1 is 1.15 bits per heavy atom. The minimum Gasteiger partial charge on any atom is -0.453 e.